The summed E-state index contributed by atoms with van der Waals surface area (Å²) in [5.41, 5.74) is 7.65. The molecule has 2 aromatic heterocycles. The molecule has 0 spiro atoms. The van der Waals surface area contributed by atoms with Crippen LogP contribution in [0.3, 0.4) is 0 Å². The summed E-state index contributed by atoms with van der Waals surface area (Å²) in [5.74, 6) is 0.337. The van der Waals surface area contributed by atoms with Gasteiger partial charge in [-0.05, 0) is 22.2 Å². The molecule has 0 bridgehead atoms. The molecule has 2 aromatic rings. The van der Waals surface area contributed by atoms with Crippen LogP contribution in [0.1, 0.15) is 68.5 Å². The van der Waals surface area contributed by atoms with Crippen LogP contribution in [0.15, 0.2) is 6.33 Å². The van der Waals surface area contributed by atoms with Crippen molar-refractivity contribution in [3.8, 4) is 5.88 Å². The monoisotopic (exact) mass is 597 g/mol. The first-order valence-corrected chi connectivity index (χ1v) is 18.5. The van der Waals surface area contributed by atoms with Crippen molar-refractivity contribution in [1.29, 1.82) is 0 Å². The number of carbonyl (C=O) groups is 1. The lowest BCUT2D eigenvalue weighted by Gasteiger charge is -2.51. The second-order valence-electron chi connectivity index (χ2n) is 11.6. The smallest absolute Gasteiger partial charge is 0.335 e. The van der Waals surface area contributed by atoms with E-state index in [0.29, 0.717) is 17.8 Å². The van der Waals surface area contributed by atoms with Gasteiger partial charge in [0.2, 0.25) is 11.8 Å². The highest BCUT2D eigenvalue weighted by molar-refractivity contribution is 8.14. The number of thioether (sulfide) groups is 1. The third-order valence-electron chi connectivity index (χ3n) is 7.79. The predicted molar refractivity (Wildman–Crippen MR) is 156 cm³/mol. The number of nitrogen functional groups attached to an aromatic ring is 1. The molecule has 0 unspecified atom stereocenters. The van der Waals surface area contributed by atoms with E-state index in [2.05, 4.69) is 70.3 Å². The molecule has 2 fully saturated rings. The number of hydrogen-bond acceptors (Lipinski definition) is 11. The van der Waals surface area contributed by atoms with Gasteiger partial charge in [0.25, 0.3) is 0 Å². The number of carbonyl (C=O) groups excluding carboxylic acids is 1. The third kappa shape index (κ3) is 5.29. The standard InChI is InChI=1S/C25H43N5O6SSi2/c1-13(2)38(14(3)4)33-11-18-20(35-39(36-38,15(5)6)16(7)8)21(37-17(9)31)24(34-18)30-12-27-19-22(30)28-25(26)29-23(19)32-10/h12-16,18,20-21,24H,11H2,1-10H3,(H2,26,28,29)/t18-,20-,21+,24-/m1/s1. The number of aromatic nitrogens is 4. The Balaban J connectivity index is 1.86. The second kappa shape index (κ2) is 11.4. The third-order valence-corrected chi connectivity index (χ3v) is 19.1. The summed E-state index contributed by atoms with van der Waals surface area (Å²) in [6.45, 7) is 19.3. The van der Waals surface area contributed by atoms with Gasteiger partial charge in [0.05, 0.1) is 31.4 Å². The van der Waals surface area contributed by atoms with Crippen LogP contribution in [0.25, 0.3) is 11.2 Å². The summed E-state index contributed by atoms with van der Waals surface area (Å²) in [6.07, 6.45) is 0.167. The maximum atomic E-state index is 12.6. The Bertz CT molecular complexity index is 1180. The number of fused-ring (bicyclic) bond motifs is 2. The number of rotatable bonds is 7. The maximum absolute atomic E-state index is 12.6. The Morgan fingerprint density at radius 3 is 2.23 bits per heavy atom. The SMILES string of the molecule is COc1nc(N)nc2c1ncn2[C@@H]1O[C@@H]2CO[Si](C(C)C)(C(C)C)O[Si](C(C)C)(C(C)C)O[C@H]2[C@@H]1SC(C)=O. The Kier molecular flexibility index (Phi) is 8.87. The summed E-state index contributed by atoms with van der Waals surface area (Å²) in [5, 5.41) is -0.428. The molecule has 4 heterocycles. The number of nitrogens with zero attached hydrogens (tertiary/aromatic N) is 4. The summed E-state index contributed by atoms with van der Waals surface area (Å²) in [4.78, 5) is 25.7. The minimum Gasteiger partial charge on any atom is -0.479 e. The van der Waals surface area contributed by atoms with Crippen LogP contribution < -0.4 is 10.5 Å². The van der Waals surface area contributed by atoms with Gasteiger partial charge < -0.3 is 28.2 Å². The van der Waals surface area contributed by atoms with Crippen LogP contribution in [0.2, 0.25) is 22.2 Å². The first kappa shape index (κ1) is 30.4. The zero-order valence-corrected chi connectivity index (χ0v) is 27.4. The normalized spacial score (nSPS) is 26.8. The van der Waals surface area contributed by atoms with Crippen molar-refractivity contribution < 1.29 is 27.2 Å². The van der Waals surface area contributed by atoms with Crippen LogP contribution in [0.4, 0.5) is 5.95 Å². The van der Waals surface area contributed by atoms with Gasteiger partial charge in [-0.3, -0.25) is 9.36 Å². The van der Waals surface area contributed by atoms with Crippen molar-refractivity contribution in [2.45, 2.75) is 108 Å². The zero-order valence-electron chi connectivity index (χ0n) is 24.6. The van der Waals surface area contributed by atoms with E-state index in [1.165, 1.54) is 18.9 Å². The van der Waals surface area contributed by atoms with Crippen LogP contribution in [-0.4, -0.2) is 72.9 Å². The summed E-state index contributed by atoms with van der Waals surface area (Å²) in [7, 11) is -4.14. The Labute approximate surface area is 237 Å². The fraction of sp³-hybridized carbons (Fsp3) is 0.760. The molecule has 0 aliphatic carbocycles. The first-order chi connectivity index (χ1) is 18.3. The molecule has 4 atom stereocenters. The van der Waals surface area contributed by atoms with Crippen LogP contribution >= 0.6 is 11.8 Å². The minimum atomic E-state index is -2.91. The van der Waals surface area contributed by atoms with Crippen molar-refractivity contribution in [2.24, 2.45) is 0 Å². The molecule has 2 aliphatic rings. The number of anilines is 1. The van der Waals surface area contributed by atoms with Gasteiger partial charge in [-0.2, -0.15) is 9.97 Å². The van der Waals surface area contributed by atoms with Crippen molar-refractivity contribution in [2.75, 3.05) is 19.5 Å². The molecule has 2 saturated heterocycles. The summed E-state index contributed by atoms with van der Waals surface area (Å²) in [6, 6.07) is 0. The fourth-order valence-electron chi connectivity index (χ4n) is 5.90. The molecule has 39 heavy (non-hydrogen) atoms. The van der Waals surface area contributed by atoms with Crippen LogP contribution in [0, 0.1) is 0 Å². The molecule has 218 valence electrons. The van der Waals surface area contributed by atoms with Crippen molar-refractivity contribution >= 4 is 51.1 Å². The number of hydrogen-bond donors (Lipinski definition) is 1. The Morgan fingerprint density at radius 1 is 1.08 bits per heavy atom. The molecule has 4 rings (SSSR count). The van der Waals surface area contributed by atoms with Gasteiger partial charge in [0.1, 0.15) is 6.10 Å². The summed E-state index contributed by atoms with van der Waals surface area (Å²) >= 11 is 1.21. The van der Waals surface area contributed by atoms with Gasteiger partial charge in [-0.25, -0.2) is 4.98 Å². The Morgan fingerprint density at radius 2 is 1.69 bits per heavy atom. The van der Waals surface area contributed by atoms with Gasteiger partial charge in [-0.15, -0.1) is 0 Å². The van der Waals surface area contributed by atoms with Gasteiger partial charge in [-0.1, -0.05) is 67.2 Å². The highest BCUT2D eigenvalue weighted by atomic mass is 32.2. The number of imidazole rings is 1. The lowest BCUT2D eigenvalue weighted by Crippen LogP contribution is -2.65. The number of ether oxygens (including phenoxy) is 2. The second-order valence-corrected chi connectivity index (χ2v) is 21.8. The molecule has 2 N–H and O–H groups in total. The van der Waals surface area contributed by atoms with Crippen molar-refractivity contribution in [1.82, 2.24) is 19.5 Å². The Hall–Kier alpha value is -1.56. The maximum Gasteiger partial charge on any atom is 0.335 e. The van der Waals surface area contributed by atoms with Crippen LogP contribution in [0.5, 0.6) is 5.88 Å². The minimum absolute atomic E-state index is 0.0349. The molecule has 11 nitrogen and oxygen atoms in total. The first-order valence-electron chi connectivity index (χ1n) is 13.7. The van der Waals surface area contributed by atoms with Crippen molar-refractivity contribution in [3.05, 3.63) is 6.33 Å². The largest absolute Gasteiger partial charge is 0.479 e. The molecular formula is C25H43N5O6SSi2. The molecule has 2 aliphatic heterocycles. The zero-order chi connectivity index (χ0) is 28.9. The number of nitrogens with two attached hydrogens (primary N) is 1. The van der Waals surface area contributed by atoms with E-state index >= 15 is 0 Å². The fourth-order valence-corrected chi connectivity index (χ4v) is 18.3. The molecular weight excluding hydrogens is 555 g/mol. The van der Waals surface area contributed by atoms with Gasteiger partial charge in [0.15, 0.2) is 22.5 Å². The van der Waals surface area contributed by atoms with E-state index in [0.717, 1.165) is 0 Å². The van der Waals surface area contributed by atoms with Gasteiger partial charge in [0, 0.05) is 6.92 Å². The molecule has 0 saturated carbocycles. The van der Waals surface area contributed by atoms with E-state index in [-0.39, 0.29) is 39.1 Å². The van der Waals surface area contributed by atoms with Crippen molar-refractivity contribution in [3.63, 3.8) is 0 Å². The predicted octanol–water partition coefficient (Wildman–Crippen LogP) is 4.92. The van der Waals surface area contributed by atoms with E-state index in [1.54, 1.807) is 17.8 Å². The van der Waals surface area contributed by atoms with Gasteiger partial charge >= 0.3 is 17.1 Å². The molecule has 0 aromatic carbocycles. The van der Waals surface area contributed by atoms with E-state index < -0.39 is 40.8 Å². The van der Waals surface area contributed by atoms with E-state index in [9.17, 15) is 4.79 Å². The van der Waals surface area contributed by atoms with Crippen LogP contribution in [-0.2, 0) is 22.5 Å². The molecule has 14 heteroatoms. The highest BCUT2D eigenvalue weighted by Gasteiger charge is 2.62. The lowest BCUT2D eigenvalue weighted by atomic mass is 10.2. The topological polar surface area (TPSA) is 133 Å². The molecule has 0 amide bonds. The van der Waals surface area contributed by atoms with E-state index in [4.69, 9.17) is 28.2 Å². The summed E-state index contributed by atoms with van der Waals surface area (Å²) < 4.78 is 35.4. The van der Waals surface area contributed by atoms with E-state index in [1.807, 2.05) is 0 Å². The lowest BCUT2D eigenvalue weighted by molar-refractivity contribution is -0.109. The average molecular weight is 598 g/mol. The average Bonchev–Trinajstić information content (AvgIpc) is 3.38. The quantitative estimate of drug-likeness (QED) is 0.436. The molecule has 0 radical (unpaired) electrons. The number of methoxy groups -OCH3 is 1. The highest BCUT2D eigenvalue weighted by Crippen LogP contribution is 2.50.